The summed E-state index contributed by atoms with van der Waals surface area (Å²) in [6.45, 7) is 0.617. The predicted octanol–water partition coefficient (Wildman–Crippen LogP) is 2.95. The molecule has 2 aromatic carbocycles. The number of carbonyl (C=O) groups is 1. The van der Waals surface area contributed by atoms with Gasteiger partial charge in [-0.2, -0.15) is 0 Å². The van der Waals surface area contributed by atoms with Crippen LogP contribution in [0.4, 0.5) is 5.69 Å². The van der Waals surface area contributed by atoms with Gasteiger partial charge in [0.05, 0.1) is 12.7 Å². The first-order valence-electron chi connectivity index (χ1n) is 7.59. The number of rotatable bonds is 4. The van der Waals surface area contributed by atoms with Crippen LogP contribution in [0.1, 0.15) is 15.9 Å². The molecule has 24 heavy (non-hydrogen) atoms. The van der Waals surface area contributed by atoms with Crippen LogP contribution in [0.2, 0.25) is 0 Å². The Morgan fingerprint density at radius 3 is 2.58 bits per heavy atom. The monoisotopic (exact) mass is 322 g/mol. The summed E-state index contributed by atoms with van der Waals surface area (Å²) in [5.41, 5.74) is 2.64. The van der Waals surface area contributed by atoms with Crippen molar-refractivity contribution in [2.45, 2.75) is 6.54 Å². The Bertz CT molecular complexity index is 932. The number of fused-ring (bicyclic) bond motifs is 1. The van der Waals surface area contributed by atoms with Gasteiger partial charge < -0.3 is 14.6 Å². The number of nitrogens with zero attached hydrogens (tertiary/aromatic N) is 1. The number of carbonyl (C=O) groups excluding carboxylic acids is 1. The maximum absolute atomic E-state index is 12.4. The molecule has 0 fully saturated rings. The van der Waals surface area contributed by atoms with E-state index in [2.05, 4.69) is 4.98 Å². The van der Waals surface area contributed by atoms with Gasteiger partial charge in [0.25, 0.3) is 5.56 Å². The maximum Gasteiger partial charge on any atom is 0.337 e. The molecule has 0 bridgehead atoms. The van der Waals surface area contributed by atoms with Crippen molar-refractivity contribution in [2.75, 3.05) is 19.1 Å². The number of H-pyrrole nitrogens is 1. The number of methoxy groups -OCH3 is 1. The average molecular weight is 322 g/mol. The summed E-state index contributed by atoms with van der Waals surface area (Å²) in [5.74, 6) is -0.401. The lowest BCUT2D eigenvalue weighted by atomic mass is 10.1. The molecule has 3 rings (SSSR count). The highest BCUT2D eigenvalue weighted by molar-refractivity contribution is 5.95. The van der Waals surface area contributed by atoms with Crippen molar-refractivity contribution in [3.8, 4) is 0 Å². The Balaban J connectivity index is 1.99. The van der Waals surface area contributed by atoms with Crippen molar-refractivity contribution in [1.82, 2.24) is 4.98 Å². The van der Waals surface area contributed by atoms with Crippen molar-refractivity contribution in [1.29, 1.82) is 0 Å². The number of benzene rings is 2. The average Bonchev–Trinajstić information content (AvgIpc) is 2.60. The third-order valence-electron chi connectivity index (χ3n) is 3.92. The van der Waals surface area contributed by atoms with E-state index in [9.17, 15) is 9.59 Å². The van der Waals surface area contributed by atoms with Gasteiger partial charge in [-0.05, 0) is 29.8 Å². The third-order valence-corrected chi connectivity index (χ3v) is 3.92. The first-order valence-corrected chi connectivity index (χ1v) is 7.59. The van der Waals surface area contributed by atoms with E-state index in [4.69, 9.17) is 4.74 Å². The number of esters is 1. The summed E-state index contributed by atoms with van der Waals surface area (Å²) in [4.78, 5) is 28.8. The fourth-order valence-electron chi connectivity index (χ4n) is 2.67. The quantitative estimate of drug-likeness (QED) is 0.750. The highest BCUT2D eigenvalue weighted by Crippen LogP contribution is 2.19. The third kappa shape index (κ3) is 3.15. The fraction of sp³-hybridized carbons (Fsp3) is 0.158. The molecule has 0 aliphatic carbocycles. The van der Waals surface area contributed by atoms with E-state index in [1.807, 2.05) is 42.3 Å². The predicted molar refractivity (Wildman–Crippen MR) is 94.5 cm³/mol. The molecule has 1 heterocycles. The van der Waals surface area contributed by atoms with E-state index < -0.39 is 5.97 Å². The van der Waals surface area contributed by atoms with Gasteiger partial charge >= 0.3 is 5.97 Å². The molecule has 0 saturated carbocycles. The lowest BCUT2D eigenvalue weighted by molar-refractivity contribution is 0.0601. The Hall–Kier alpha value is -3.08. The zero-order chi connectivity index (χ0) is 17.1. The van der Waals surface area contributed by atoms with Crippen molar-refractivity contribution < 1.29 is 9.53 Å². The second kappa shape index (κ2) is 6.58. The van der Waals surface area contributed by atoms with Crippen LogP contribution in [0.25, 0.3) is 10.9 Å². The number of nitrogens with one attached hydrogen (secondary N) is 1. The topological polar surface area (TPSA) is 62.4 Å². The van der Waals surface area contributed by atoms with Gasteiger partial charge in [-0.25, -0.2) is 4.79 Å². The standard InChI is InChI=1S/C19H18N2O3/c1-21(12-13-6-4-3-5-7-13)17-11-15-10-14(19(23)24-2)8-9-16(15)20-18(17)22/h3-11H,12H2,1-2H3,(H,20,22). The summed E-state index contributed by atoms with van der Waals surface area (Å²) < 4.78 is 4.74. The number of hydrogen-bond acceptors (Lipinski definition) is 4. The molecule has 3 aromatic rings. The van der Waals surface area contributed by atoms with Gasteiger partial charge in [0.15, 0.2) is 0 Å². The van der Waals surface area contributed by atoms with E-state index in [1.165, 1.54) is 7.11 Å². The van der Waals surface area contributed by atoms with Gasteiger partial charge in [0.1, 0.15) is 5.69 Å². The highest BCUT2D eigenvalue weighted by Gasteiger charge is 2.11. The summed E-state index contributed by atoms with van der Waals surface area (Å²) in [6.07, 6.45) is 0. The summed E-state index contributed by atoms with van der Waals surface area (Å²) in [6, 6.07) is 16.8. The summed E-state index contributed by atoms with van der Waals surface area (Å²) in [5, 5.41) is 0.785. The molecule has 0 amide bonds. The molecule has 1 N–H and O–H groups in total. The zero-order valence-electron chi connectivity index (χ0n) is 13.6. The number of anilines is 1. The molecule has 0 atom stereocenters. The van der Waals surface area contributed by atoms with Crippen molar-refractivity contribution in [3.63, 3.8) is 0 Å². The minimum atomic E-state index is -0.401. The van der Waals surface area contributed by atoms with Gasteiger partial charge in [0, 0.05) is 24.5 Å². The summed E-state index contributed by atoms with van der Waals surface area (Å²) in [7, 11) is 3.21. The van der Waals surface area contributed by atoms with Crippen LogP contribution in [0.15, 0.2) is 59.4 Å². The van der Waals surface area contributed by atoms with Gasteiger partial charge in [0.2, 0.25) is 0 Å². The number of hydrogen-bond donors (Lipinski definition) is 1. The van der Waals surface area contributed by atoms with E-state index in [-0.39, 0.29) is 5.56 Å². The van der Waals surface area contributed by atoms with Crippen molar-refractivity contribution >= 4 is 22.6 Å². The first-order chi connectivity index (χ1) is 11.6. The van der Waals surface area contributed by atoms with E-state index in [1.54, 1.807) is 24.3 Å². The van der Waals surface area contributed by atoms with Crippen LogP contribution >= 0.6 is 0 Å². The molecule has 122 valence electrons. The Morgan fingerprint density at radius 1 is 1.12 bits per heavy atom. The van der Waals surface area contributed by atoms with Crippen molar-refractivity contribution in [3.05, 3.63) is 76.1 Å². The first kappa shape index (κ1) is 15.8. The molecule has 0 unspecified atom stereocenters. The van der Waals surface area contributed by atoms with E-state index in [0.717, 1.165) is 10.9 Å². The lowest BCUT2D eigenvalue weighted by Crippen LogP contribution is -2.24. The molecule has 0 radical (unpaired) electrons. The zero-order valence-corrected chi connectivity index (χ0v) is 13.6. The Morgan fingerprint density at radius 2 is 1.88 bits per heavy atom. The van der Waals surface area contributed by atoms with Crippen LogP contribution in [0.5, 0.6) is 0 Å². The summed E-state index contributed by atoms with van der Waals surface area (Å²) >= 11 is 0. The Kier molecular flexibility index (Phi) is 4.33. The number of ether oxygens (including phenoxy) is 1. The minimum absolute atomic E-state index is 0.160. The van der Waals surface area contributed by atoms with Crippen LogP contribution in [-0.2, 0) is 11.3 Å². The van der Waals surface area contributed by atoms with Crippen LogP contribution in [-0.4, -0.2) is 25.1 Å². The van der Waals surface area contributed by atoms with Crippen LogP contribution in [0.3, 0.4) is 0 Å². The number of pyridine rings is 1. The molecule has 0 saturated heterocycles. The fourth-order valence-corrected chi connectivity index (χ4v) is 2.67. The molecule has 5 nitrogen and oxygen atoms in total. The molecule has 0 aliphatic heterocycles. The normalized spacial score (nSPS) is 10.6. The van der Waals surface area contributed by atoms with Gasteiger partial charge in [-0.15, -0.1) is 0 Å². The van der Waals surface area contributed by atoms with Crippen molar-refractivity contribution in [2.24, 2.45) is 0 Å². The molecular weight excluding hydrogens is 304 g/mol. The van der Waals surface area contributed by atoms with Crippen LogP contribution < -0.4 is 10.5 Å². The van der Waals surface area contributed by atoms with E-state index in [0.29, 0.717) is 23.3 Å². The lowest BCUT2D eigenvalue weighted by Gasteiger charge is -2.19. The van der Waals surface area contributed by atoms with E-state index >= 15 is 0 Å². The SMILES string of the molecule is COC(=O)c1ccc2[nH]c(=O)c(N(C)Cc3ccccc3)cc2c1. The minimum Gasteiger partial charge on any atom is -0.465 e. The number of aromatic amines is 1. The largest absolute Gasteiger partial charge is 0.465 e. The van der Waals surface area contributed by atoms with Gasteiger partial charge in [-0.1, -0.05) is 30.3 Å². The molecule has 0 aliphatic rings. The second-order valence-electron chi connectivity index (χ2n) is 5.62. The molecule has 1 aromatic heterocycles. The molecular formula is C19H18N2O3. The smallest absolute Gasteiger partial charge is 0.337 e. The van der Waals surface area contributed by atoms with Gasteiger partial charge in [-0.3, -0.25) is 4.79 Å². The second-order valence-corrected chi connectivity index (χ2v) is 5.62. The highest BCUT2D eigenvalue weighted by atomic mass is 16.5. The van der Waals surface area contributed by atoms with Crippen LogP contribution in [0, 0.1) is 0 Å². The Labute approximate surface area is 139 Å². The maximum atomic E-state index is 12.4. The number of aromatic nitrogens is 1. The molecule has 0 spiro atoms. The molecule has 5 heteroatoms.